The Bertz CT molecular complexity index is 619. The van der Waals surface area contributed by atoms with Gasteiger partial charge in [0.1, 0.15) is 0 Å². The Labute approximate surface area is 133 Å². The summed E-state index contributed by atoms with van der Waals surface area (Å²) in [6, 6.07) is 5.02. The van der Waals surface area contributed by atoms with Crippen molar-refractivity contribution >= 4 is 35.1 Å². The van der Waals surface area contributed by atoms with Gasteiger partial charge in [-0.05, 0) is 18.2 Å². The van der Waals surface area contributed by atoms with Crippen molar-refractivity contribution in [3.63, 3.8) is 0 Å². The molecule has 22 heavy (non-hydrogen) atoms. The highest BCUT2D eigenvalue weighted by Crippen LogP contribution is 2.31. The van der Waals surface area contributed by atoms with Gasteiger partial charge in [0.2, 0.25) is 5.91 Å². The first-order chi connectivity index (χ1) is 10.3. The third-order valence-corrected chi connectivity index (χ3v) is 4.32. The van der Waals surface area contributed by atoms with Crippen molar-refractivity contribution in [3.05, 3.63) is 23.8 Å². The van der Waals surface area contributed by atoms with Gasteiger partial charge in [0.25, 0.3) is 0 Å². The SMILES string of the molecule is CC(C)(C)C(=O)COC(=O)c1ccc2c(c1)NC(=O)CCS2. The van der Waals surface area contributed by atoms with Crippen molar-refractivity contribution in [2.24, 2.45) is 5.41 Å². The predicted molar refractivity (Wildman–Crippen MR) is 85.2 cm³/mol. The number of hydrogen-bond donors (Lipinski definition) is 1. The lowest BCUT2D eigenvalue weighted by Gasteiger charge is -2.16. The fraction of sp³-hybridized carbons (Fsp3) is 0.438. The Kier molecular flexibility index (Phi) is 4.90. The van der Waals surface area contributed by atoms with E-state index >= 15 is 0 Å². The zero-order valence-electron chi connectivity index (χ0n) is 12.9. The predicted octanol–water partition coefficient (Wildman–Crippen LogP) is 2.89. The van der Waals surface area contributed by atoms with E-state index in [0.717, 1.165) is 4.90 Å². The molecule has 1 aliphatic heterocycles. The first-order valence-corrected chi connectivity index (χ1v) is 8.03. The van der Waals surface area contributed by atoms with Crippen LogP contribution in [0.3, 0.4) is 0 Å². The number of carbonyl (C=O) groups excluding carboxylic acids is 3. The zero-order valence-corrected chi connectivity index (χ0v) is 13.7. The quantitative estimate of drug-likeness (QED) is 0.867. The summed E-state index contributed by atoms with van der Waals surface area (Å²) in [7, 11) is 0. The first-order valence-electron chi connectivity index (χ1n) is 7.04. The van der Waals surface area contributed by atoms with E-state index < -0.39 is 11.4 Å². The van der Waals surface area contributed by atoms with Gasteiger partial charge in [-0.2, -0.15) is 0 Å². The number of ether oxygens (including phenoxy) is 1. The van der Waals surface area contributed by atoms with Crippen molar-refractivity contribution in [1.82, 2.24) is 0 Å². The van der Waals surface area contributed by atoms with Crippen LogP contribution < -0.4 is 5.32 Å². The number of nitrogens with one attached hydrogen (secondary N) is 1. The van der Waals surface area contributed by atoms with Crippen LogP contribution in [0.2, 0.25) is 0 Å². The number of hydrogen-bond acceptors (Lipinski definition) is 5. The summed E-state index contributed by atoms with van der Waals surface area (Å²) < 4.78 is 5.06. The molecule has 0 saturated carbocycles. The summed E-state index contributed by atoms with van der Waals surface area (Å²) in [5, 5.41) is 2.77. The van der Waals surface area contributed by atoms with E-state index in [1.807, 2.05) is 0 Å². The van der Waals surface area contributed by atoms with Crippen LogP contribution in [-0.4, -0.2) is 30.0 Å². The molecule has 1 aliphatic rings. The van der Waals surface area contributed by atoms with E-state index in [2.05, 4.69) is 5.32 Å². The van der Waals surface area contributed by atoms with Gasteiger partial charge < -0.3 is 10.1 Å². The van der Waals surface area contributed by atoms with Gasteiger partial charge in [0, 0.05) is 22.5 Å². The van der Waals surface area contributed by atoms with Crippen LogP contribution in [0, 0.1) is 5.41 Å². The monoisotopic (exact) mass is 321 g/mol. The van der Waals surface area contributed by atoms with E-state index in [0.29, 0.717) is 23.4 Å². The van der Waals surface area contributed by atoms with Gasteiger partial charge in [0.15, 0.2) is 12.4 Å². The Morgan fingerprint density at radius 1 is 1.32 bits per heavy atom. The summed E-state index contributed by atoms with van der Waals surface area (Å²) in [4.78, 5) is 36.3. The molecule has 0 unspecified atom stereocenters. The van der Waals surface area contributed by atoms with Crippen molar-refractivity contribution in [2.75, 3.05) is 17.7 Å². The largest absolute Gasteiger partial charge is 0.454 e. The summed E-state index contributed by atoms with van der Waals surface area (Å²) >= 11 is 1.57. The number of thioether (sulfide) groups is 1. The number of esters is 1. The lowest BCUT2D eigenvalue weighted by atomic mass is 9.91. The molecule has 0 atom stereocenters. The molecule has 6 heteroatoms. The molecule has 0 aromatic heterocycles. The number of anilines is 1. The van der Waals surface area contributed by atoms with E-state index in [4.69, 9.17) is 4.74 Å². The number of rotatable bonds is 3. The summed E-state index contributed by atoms with van der Waals surface area (Å²) in [6.07, 6.45) is 0.444. The number of Topliss-reactive ketones (excluding diaryl/α,β-unsaturated/α-hetero) is 1. The van der Waals surface area contributed by atoms with Gasteiger partial charge in [-0.3, -0.25) is 9.59 Å². The highest BCUT2D eigenvalue weighted by atomic mass is 32.2. The van der Waals surface area contributed by atoms with E-state index in [1.165, 1.54) is 0 Å². The molecule has 0 fully saturated rings. The third-order valence-electron chi connectivity index (χ3n) is 3.25. The molecule has 5 nitrogen and oxygen atoms in total. The van der Waals surface area contributed by atoms with Gasteiger partial charge in [-0.25, -0.2) is 4.79 Å². The summed E-state index contributed by atoms with van der Waals surface area (Å²) in [5.74, 6) is -0.0639. The molecule has 0 aliphatic carbocycles. The molecular formula is C16H19NO4S. The van der Waals surface area contributed by atoms with E-state index in [-0.39, 0.29) is 18.3 Å². The van der Waals surface area contributed by atoms with Crippen molar-refractivity contribution in [1.29, 1.82) is 0 Å². The number of benzene rings is 1. The second kappa shape index (κ2) is 6.52. The molecule has 0 radical (unpaired) electrons. The Balaban J connectivity index is 2.08. The fourth-order valence-corrected chi connectivity index (χ4v) is 2.71. The molecule has 0 saturated heterocycles. The minimum Gasteiger partial charge on any atom is -0.454 e. The topological polar surface area (TPSA) is 72.5 Å². The van der Waals surface area contributed by atoms with Gasteiger partial charge in [0.05, 0.1) is 11.3 Å². The maximum absolute atomic E-state index is 12.0. The van der Waals surface area contributed by atoms with Gasteiger partial charge in [-0.15, -0.1) is 11.8 Å². The first kappa shape index (κ1) is 16.5. The molecule has 2 rings (SSSR count). The van der Waals surface area contributed by atoms with Crippen molar-refractivity contribution < 1.29 is 19.1 Å². The lowest BCUT2D eigenvalue weighted by molar-refractivity contribution is -0.129. The van der Waals surface area contributed by atoms with Crippen LogP contribution in [0.25, 0.3) is 0 Å². The molecule has 1 aromatic rings. The zero-order chi connectivity index (χ0) is 16.3. The minimum atomic E-state index is -0.566. The molecule has 1 amide bonds. The van der Waals surface area contributed by atoms with Gasteiger partial charge in [-0.1, -0.05) is 20.8 Å². The van der Waals surface area contributed by atoms with Crippen LogP contribution in [-0.2, 0) is 14.3 Å². The highest BCUT2D eigenvalue weighted by Gasteiger charge is 2.23. The summed E-state index contributed by atoms with van der Waals surface area (Å²) in [5.41, 5.74) is 0.394. The Morgan fingerprint density at radius 2 is 2.05 bits per heavy atom. The van der Waals surface area contributed by atoms with E-state index in [9.17, 15) is 14.4 Å². The number of fused-ring (bicyclic) bond motifs is 1. The molecular weight excluding hydrogens is 302 g/mol. The van der Waals surface area contributed by atoms with Crippen LogP contribution >= 0.6 is 11.8 Å². The van der Waals surface area contributed by atoms with E-state index in [1.54, 1.807) is 50.7 Å². The fourth-order valence-electron chi connectivity index (χ4n) is 1.78. The third kappa shape index (κ3) is 4.10. The maximum Gasteiger partial charge on any atom is 0.338 e. The van der Waals surface area contributed by atoms with Crippen LogP contribution in [0.15, 0.2) is 23.1 Å². The van der Waals surface area contributed by atoms with Crippen LogP contribution in [0.5, 0.6) is 0 Å². The number of ketones is 1. The second-order valence-electron chi connectivity index (χ2n) is 6.11. The maximum atomic E-state index is 12.0. The second-order valence-corrected chi connectivity index (χ2v) is 7.24. The molecule has 118 valence electrons. The average molecular weight is 321 g/mol. The van der Waals surface area contributed by atoms with Crippen molar-refractivity contribution in [2.45, 2.75) is 32.1 Å². The highest BCUT2D eigenvalue weighted by molar-refractivity contribution is 7.99. The van der Waals surface area contributed by atoms with Crippen LogP contribution in [0.4, 0.5) is 5.69 Å². The molecule has 1 N–H and O–H groups in total. The Hall–Kier alpha value is -1.82. The molecule has 0 spiro atoms. The van der Waals surface area contributed by atoms with Crippen LogP contribution in [0.1, 0.15) is 37.6 Å². The standard InChI is InChI=1S/C16H19NO4S/c1-16(2,3)13(18)9-21-15(20)10-4-5-12-11(8-10)17-14(19)6-7-22-12/h4-5,8H,6-7,9H2,1-3H3,(H,17,19). The normalized spacial score (nSPS) is 14.6. The molecule has 0 bridgehead atoms. The Morgan fingerprint density at radius 3 is 2.73 bits per heavy atom. The summed E-state index contributed by atoms with van der Waals surface area (Å²) in [6.45, 7) is 5.08. The number of amides is 1. The molecule has 1 aromatic carbocycles. The van der Waals surface area contributed by atoms with Crippen molar-refractivity contribution in [3.8, 4) is 0 Å². The molecule has 1 heterocycles. The smallest absolute Gasteiger partial charge is 0.338 e. The minimum absolute atomic E-state index is 0.0697. The van der Waals surface area contributed by atoms with Gasteiger partial charge >= 0.3 is 5.97 Å². The lowest BCUT2D eigenvalue weighted by Crippen LogP contribution is -2.26. The average Bonchev–Trinajstić information content (AvgIpc) is 2.62. The number of carbonyl (C=O) groups is 3.